The van der Waals surface area contributed by atoms with E-state index in [1.165, 1.54) is 0 Å². The minimum absolute atomic E-state index is 0.0118. The van der Waals surface area contributed by atoms with E-state index in [0.29, 0.717) is 38.8 Å². The smallest absolute Gasteiger partial charge is 0.122 e. The highest BCUT2D eigenvalue weighted by Crippen LogP contribution is 2.29. The van der Waals surface area contributed by atoms with E-state index >= 15 is 0 Å². The van der Waals surface area contributed by atoms with Gasteiger partial charge in [0.05, 0.1) is 51.5 Å². The van der Waals surface area contributed by atoms with Gasteiger partial charge in [-0.25, -0.2) is 0 Å². The molecule has 6 nitrogen and oxygen atoms in total. The van der Waals surface area contributed by atoms with Crippen molar-refractivity contribution in [1.82, 2.24) is 0 Å². The van der Waals surface area contributed by atoms with Gasteiger partial charge in [0.15, 0.2) is 0 Å². The van der Waals surface area contributed by atoms with Gasteiger partial charge in [0.2, 0.25) is 0 Å². The number of methoxy groups -OCH3 is 1. The molecule has 3 rings (SSSR count). The molecule has 0 aliphatic carbocycles. The lowest BCUT2D eigenvalue weighted by Crippen LogP contribution is -2.35. The first-order chi connectivity index (χ1) is 17.8. The van der Waals surface area contributed by atoms with Crippen LogP contribution in [0.15, 0.2) is 66.4 Å². The molecule has 2 aromatic rings. The second kappa shape index (κ2) is 15.1. The summed E-state index contributed by atoms with van der Waals surface area (Å²) in [5.41, 5.74) is 2.19. The van der Waals surface area contributed by atoms with Gasteiger partial charge in [0.1, 0.15) is 11.9 Å². The second-order valence-corrected chi connectivity index (χ2v) is 10.5. The molecule has 1 heterocycles. The summed E-state index contributed by atoms with van der Waals surface area (Å²) in [4.78, 5) is 0. The third-order valence-electron chi connectivity index (χ3n) is 6.82. The van der Waals surface area contributed by atoms with Crippen LogP contribution in [0.25, 0.3) is 0 Å². The molecule has 0 unspecified atom stereocenters. The number of hydrogen-bond donors (Lipinski definition) is 2. The van der Waals surface area contributed by atoms with E-state index in [1.54, 1.807) is 7.11 Å². The maximum absolute atomic E-state index is 10.7. The van der Waals surface area contributed by atoms with Crippen LogP contribution in [-0.2, 0) is 27.4 Å². The molecule has 204 valence electrons. The van der Waals surface area contributed by atoms with Gasteiger partial charge in [0, 0.05) is 12.3 Å². The van der Waals surface area contributed by atoms with Gasteiger partial charge in [-0.1, -0.05) is 63.2 Å². The minimum atomic E-state index is -0.836. The molecule has 2 N–H and O–H groups in total. The fourth-order valence-corrected chi connectivity index (χ4v) is 4.74. The number of ether oxygens (including phenoxy) is 4. The van der Waals surface area contributed by atoms with Crippen LogP contribution in [0.4, 0.5) is 0 Å². The van der Waals surface area contributed by atoms with Crippen molar-refractivity contribution in [2.24, 2.45) is 17.8 Å². The van der Waals surface area contributed by atoms with E-state index in [4.69, 9.17) is 18.9 Å². The summed E-state index contributed by atoms with van der Waals surface area (Å²) >= 11 is 0. The van der Waals surface area contributed by atoms with E-state index in [1.807, 2.05) is 61.5 Å². The first-order valence-corrected chi connectivity index (χ1v) is 13.4. The summed E-state index contributed by atoms with van der Waals surface area (Å²) in [5.74, 6) is 2.19. The fourth-order valence-electron chi connectivity index (χ4n) is 4.74. The highest BCUT2D eigenvalue weighted by molar-refractivity contribution is 5.26. The molecule has 37 heavy (non-hydrogen) atoms. The summed E-state index contributed by atoms with van der Waals surface area (Å²) in [6, 6.07) is 17.8. The van der Waals surface area contributed by atoms with Gasteiger partial charge in [-0.05, 0) is 54.0 Å². The molecule has 1 aliphatic heterocycles. The van der Waals surface area contributed by atoms with Crippen LogP contribution in [0, 0.1) is 17.8 Å². The van der Waals surface area contributed by atoms with Crippen molar-refractivity contribution >= 4 is 0 Å². The van der Waals surface area contributed by atoms with Crippen LogP contribution >= 0.6 is 0 Å². The average molecular weight is 513 g/mol. The highest BCUT2D eigenvalue weighted by Gasteiger charge is 2.27. The summed E-state index contributed by atoms with van der Waals surface area (Å²) in [6.07, 6.45) is 2.69. The quantitative estimate of drug-likeness (QED) is 0.328. The molecule has 0 fully saturated rings. The van der Waals surface area contributed by atoms with Crippen LogP contribution in [0.5, 0.6) is 5.75 Å². The lowest BCUT2D eigenvalue weighted by atomic mass is 9.90. The van der Waals surface area contributed by atoms with Gasteiger partial charge in [-0.3, -0.25) is 0 Å². The Hall–Kier alpha value is -2.38. The Morgan fingerprint density at radius 3 is 2.32 bits per heavy atom. The molecule has 0 bridgehead atoms. The van der Waals surface area contributed by atoms with Crippen LogP contribution in [0.1, 0.15) is 51.2 Å². The summed E-state index contributed by atoms with van der Waals surface area (Å²) in [5, 5.41) is 21.3. The number of rotatable bonds is 15. The van der Waals surface area contributed by atoms with Crippen molar-refractivity contribution < 1.29 is 29.2 Å². The predicted octanol–water partition coefficient (Wildman–Crippen LogP) is 5.51. The Morgan fingerprint density at radius 1 is 0.946 bits per heavy atom. The third-order valence-corrected chi connectivity index (χ3v) is 6.82. The number of aliphatic hydroxyl groups is 2. The van der Waals surface area contributed by atoms with Crippen LogP contribution in [0.3, 0.4) is 0 Å². The Bertz CT molecular complexity index is 928. The molecular formula is C31H44O6. The standard InChI is InChI=1S/C31H44O6/c1-22-14-28(37-29(16-22)21-36-20-26-10-12-27(34-4)13-11-26)15-23(2)17-30(32)31(33)24(3)18-35-19-25-8-6-5-7-9-25/h5-14,22-24,29-33H,15-21H2,1-4H3/t22-,23+,24-,29-,30-,31-/m0/s1. The van der Waals surface area contributed by atoms with E-state index in [2.05, 4.69) is 19.9 Å². The lowest BCUT2D eigenvalue weighted by molar-refractivity contribution is -0.0506. The van der Waals surface area contributed by atoms with Crippen molar-refractivity contribution in [3.63, 3.8) is 0 Å². The zero-order chi connectivity index (χ0) is 26.6. The topological polar surface area (TPSA) is 77.4 Å². The predicted molar refractivity (Wildman–Crippen MR) is 145 cm³/mol. The van der Waals surface area contributed by atoms with Crippen molar-refractivity contribution in [2.75, 3.05) is 20.3 Å². The van der Waals surface area contributed by atoms with E-state index < -0.39 is 12.2 Å². The van der Waals surface area contributed by atoms with Crippen molar-refractivity contribution in [3.8, 4) is 5.75 Å². The molecular weight excluding hydrogens is 468 g/mol. The Labute approximate surface area is 222 Å². The van der Waals surface area contributed by atoms with E-state index in [-0.39, 0.29) is 17.9 Å². The average Bonchev–Trinajstić information content (AvgIpc) is 2.88. The summed E-state index contributed by atoms with van der Waals surface area (Å²) in [6.45, 7) is 8.15. The molecule has 0 spiro atoms. The first-order valence-electron chi connectivity index (χ1n) is 13.4. The second-order valence-electron chi connectivity index (χ2n) is 10.5. The van der Waals surface area contributed by atoms with Crippen molar-refractivity contribution in [1.29, 1.82) is 0 Å². The number of benzene rings is 2. The molecule has 6 atom stereocenters. The lowest BCUT2D eigenvalue weighted by Gasteiger charge is -2.30. The SMILES string of the molecule is COc1ccc(COC[C@@H]2C[C@@H](C)C=C(C[C@@H](C)C[C@H](O)[C@@H](O)[C@@H](C)COCc3ccccc3)O2)cc1. The monoisotopic (exact) mass is 512 g/mol. The molecule has 0 radical (unpaired) electrons. The molecule has 2 aromatic carbocycles. The number of allylic oxidation sites excluding steroid dienone is 2. The molecule has 1 aliphatic rings. The Morgan fingerprint density at radius 2 is 1.62 bits per heavy atom. The maximum atomic E-state index is 10.7. The van der Waals surface area contributed by atoms with E-state index in [9.17, 15) is 10.2 Å². The fraction of sp³-hybridized carbons (Fsp3) is 0.548. The zero-order valence-corrected chi connectivity index (χ0v) is 22.7. The molecule has 0 saturated carbocycles. The summed E-state index contributed by atoms with van der Waals surface area (Å²) in [7, 11) is 1.66. The minimum Gasteiger partial charge on any atom is -0.497 e. The van der Waals surface area contributed by atoms with Crippen molar-refractivity contribution in [3.05, 3.63) is 77.6 Å². The van der Waals surface area contributed by atoms with Crippen LogP contribution in [0.2, 0.25) is 0 Å². The van der Waals surface area contributed by atoms with Gasteiger partial charge < -0.3 is 29.2 Å². The van der Waals surface area contributed by atoms with E-state index in [0.717, 1.165) is 35.5 Å². The normalized spacial score (nSPS) is 20.9. The number of aliphatic hydroxyl groups excluding tert-OH is 2. The van der Waals surface area contributed by atoms with Crippen molar-refractivity contribution in [2.45, 2.75) is 71.6 Å². The largest absolute Gasteiger partial charge is 0.497 e. The molecule has 6 heteroatoms. The summed E-state index contributed by atoms with van der Waals surface area (Å²) < 4.78 is 23.1. The molecule has 0 saturated heterocycles. The number of hydrogen-bond acceptors (Lipinski definition) is 6. The van der Waals surface area contributed by atoms with Gasteiger partial charge in [-0.2, -0.15) is 0 Å². The molecule has 0 amide bonds. The van der Waals surface area contributed by atoms with Crippen LogP contribution in [-0.4, -0.2) is 48.8 Å². The third kappa shape index (κ3) is 10.1. The highest BCUT2D eigenvalue weighted by atomic mass is 16.5. The first kappa shape index (κ1) is 29.2. The Kier molecular flexibility index (Phi) is 11.9. The Balaban J connectivity index is 1.37. The van der Waals surface area contributed by atoms with Crippen LogP contribution < -0.4 is 4.74 Å². The van der Waals surface area contributed by atoms with Gasteiger partial charge in [-0.15, -0.1) is 0 Å². The maximum Gasteiger partial charge on any atom is 0.122 e. The van der Waals surface area contributed by atoms with Gasteiger partial charge in [0.25, 0.3) is 0 Å². The zero-order valence-electron chi connectivity index (χ0n) is 22.7. The molecule has 0 aromatic heterocycles. The van der Waals surface area contributed by atoms with Gasteiger partial charge >= 0.3 is 0 Å².